The van der Waals surface area contributed by atoms with Crippen molar-refractivity contribution in [3.05, 3.63) is 35.4 Å². The molecule has 2 heteroatoms. The van der Waals surface area contributed by atoms with Gasteiger partial charge in [0, 0.05) is 0 Å². The van der Waals surface area contributed by atoms with E-state index in [0.717, 1.165) is 5.56 Å². The van der Waals surface area contributed by atoms with Crippen LogP contribution >= 0.6 is 0 Å². The van der Waals surface area contributed by atoms with Crippen LogP contribution in [-0.4, -0.2) is 13.1 Å². The average Bonchev–Trinajstić information content (AvgIpc) is 2.83. The Hall–Kier alpha value is -1.31. The monoisotopic (exact) mass is 218 g/mol. The van der Waals surface area contributed by atoms with Crippen molar-refractivity contribution in [2.45, 2.75) is 38.0 Å². The van der Waals surface area contributed by atoms with Crippen LogP contribution in [0.25, 0.3) is 0 Å². The summed E-state index contributed by atoms with van der Waals surface area (Å²) in [6.07, 6.45) is 5.56. The zero-order chi connectivity index (χ0) is 11.4. The summed E-state index contributed by atoms with van der Waals surface area (Å²) in [6.45, 7) is 0. The molecule has 0 heterocycles. The molecule has 1 fully saturated rings. The largest absolute Gasteiger partial charge is 0.469 e. The molecule has 1 saturated carbocycles. The molecule has 2 nitrogen and oxygen atoms in total. The second-order valence-electron chi connectivity index (χ2n) is 4.43. The summed E-state index contributed by atoms with van der Waals surface area (Å²) in [5.74, 6) is 0.506. The Labute approximate surface area is 96.6 Å². The number of carbonyl (C=O) groups is 1. The highest BCUT2D eigenvalue weighted by atomic mass is 16.5. The molecule has 0 N–H and O–H groups in total. The second kappa shape index (κ2) is 5.15. The highest BCUT2D eigenvalue weighted by Crippen LogP contribution is 2.35. The predicted octanol–water partition coefficient (Wildman–Crippen LogP) is 3.06. The van der Waals surface area contributed by atoms with Crippen LogP contribution in [0.1, 0.15) is 42.7 Å². The number of carbonyl (C=O) groups excluding carboxylic acids is 1. The van der Waals surface area contributed by atoms with Gasteiger partial charge in [-0.25, -0.2) is 0 Å². The van der Waals surface area contributed by atoms with Gasteiger partial charge in [0.15, 0.2) is 0 Å². The Morgan fingerprint density at radius 2 is 2.00 bits per heavy atom. The minimum Gasteiger partial charge on any atom is -0.469 e. The van der Waals surface area contributed by atoms with Crippen molar-refractivity contribution < 1.29 is 9.53 Å². The molecule has 0 saturated heterocycles. The van der Waals surface area contributed by atoms with Crippen molar-refractivity contribution in [2.75, 3.05) is 7.11 Å². The molecule has 1 aromatic rings. The van der Waals surface area contributed by atoms with E-state index in [1.165, 1.54) is 38.4 Å². The van der Waals surface area contributed by atoms with Gasteiger partial charge in [0.25, 0.3) is 0 Å². The molecule has 2 rings (SSSR count). The normalized spacial score (nSPS) is 16.3. The molecule has 0 radical (unpaired) electrons. The maximum absolute atomic E-state index is 11.3. The van der Waals surface area contributed by atoms with E-state index in [2.05, 4.69) is 12.1 Å². The van der Waals surface area contributed by atoms with E-state index in [1.807, 2.05) is 12.1 Å². The van der Waals surface area contributed by atoms with Gasteiger partial charge in [-0.15, -0.1) is 0 Å². The van der Waals surface area contributed by atoms with Crippen molar-refractivity contribution in [2.24, 2.45) is 0 Å². The minimum atomic E-state index is -0.148. The maximum atomic E-state index is 11.3. The smallest absolute Gasteiger partial charge is 0.309 e. The van der Waals surface area contributed by atoms with Gasteiger partial charge in [0.2, 0.25) is 0 Å². The fourth-order valence-corrected chi connectivity index (χ4v) is 2.56. The lowest BCUT2D eigenvalue weighted by molar-refractivity contribution is -0.139. The number of ether oxygens (including phenoxy) is 1. The summed E-state index contributed by atoms with van der Waals surface area (Å²) < 4.78 is 4.73. The van der Waals surface area contributed by atoms with Crippen LogP contribution in [0.3, 0.4) is 0 Å². The van der Waals surface area contributed by atoms with E-state index in [9.17, 15) is 4.79 Å². The summed E-state index contributed by atoms with van der Waals surface area (Å²) in [5, 5.41) is 0. The van der Waals surface area contributed by atoms with Crippen LogP contribution < -0.4 is 0 Å². The molecule has 0 unspecified atom stereocenters. The third-order valence-corrected chi connectivity index (χ3v) is 3.41. The van der Waals surface area contributed by atoms with Gasteiger partial charge >= 0.3 is 5.97 Å². The lowest BCUT2D eigenvalue weighted by Crippen LogP contribution is -2.08. The number of hydrogen-bond donors (Lipinski definition) is 0. The third kappa shape index (κ3) is 2.43. The molecule has 1 aliphatic carbocycles. The van der Waals surface area contributed by atoms with E-state index in [-0.39, 0.29) is 5.97 Å². The van der Waals surface area contributed by atoms with Gasteiger partial charge in [-0.1, -0.05) is 37.1 Å². The summed E-state index contributed by atoms with van der Waals surface area (Å²) in [4.78, 5) is 11.3. The van der Waals surface area contributed by atoms with Crippen molar-refractivity contribution >= 4 is 5.97 Å². The van der Waals surface area contributed by atoms with Crippen molar-refractivity contribution in [3.63, 3.8) is 0 Å². The molecule has 0 atom stereocenters. The molecule has 1 aromatic carbocycles. The van der Waals surface area contributed by atoms with Crippen LogP contribution in [0.4, 0.5) is 0 Å². The topological polar surface area (TPSA) is 26.3 Å². The number of methoxy groups -OCH3 is 1. The molecule has 0 aliphatic heterocycles. The first-order valence-electron chi connectivity index (χ1n) is 5.96. The Balaban J connectivity index is 2.19. The molecule has 16 heavy (non-hydrogen) atoms. The van der Waals surface area contributed by atoms with Crippen LogP contribution in [0, 0.1) is 0 Å². The van der Waals surface area contributed by atoms with E-state index in [1.54, 1.807) is 0 Å². The predicted molar refractivity (Wildman–Crippen MR) is 63.4 cm³/mol. The van der Waals surface area contributed by atoms with Crippen molar-refractivity contribution in [3.8, 4) is 0 Å². The summed E-state index contributed by atoms with van der Waals surface area (Å²) in [6, 6.07) is 8.27. The molecule has 0 aromatic heterocycles. The molecular formula is C14H18O2. The first-order valence-corrected chi connectivity index (χ1v) is 5.96. The van der Waals surface area contributed by atoms with Gasteiger partial charge < -0.3 is 4.74 Å². The van der Waals surface area contributed by atoms with E-state index < -0.39 is 0 Å². The van der Waals surface area contributed by atoms with Crippen molar-refractivity contribution in [1.82, 2.24) is 0 Å². The van der Waals surface area contributed by atoms with Crippen LogP contribution in [0.15, 0.2) is 24.3 Å². The highest BCUT2D eigenvalue weighted by Gasteiger charge is 2.20. The lowest BCUT2D eigenvalue weighted by atomic mass is 9.91. The third-order valence-electron chi connectivity index (χ3n) is 3.41. The SMILES string of the molecule is COC(=O)Cc1ccccc1C1CCCC1. The van der Waals surface area contributed by atoms with Crippen LogP contribution in [0.5, 0.6) is 0 Å². The van der Waals surface area contributed by atoms with Gasteiger partial charge in [-0.05, 0) is 29.9 Å². The minimum absolute atomic E-state index is 0.148. The lowest BCUT2D eigenvalue weighted by Gasteiger charge is -2.14. The zero-order valence-corrected chi connectivity index (χ0v) is 9.74. The molecule has 0 spiro atoms. The zero-order valence-electron chi connectivity index (χ0n) is 9.74. The molecular weight excluding hydrogens is 200 g/mol. The average molecular weight is 218 g/mol. The molecule has 0 amide bonds. The number of hydrogen-bond acceptors (Lipinski definition) is 2. The van der Waals surface area contributed by atoms with Gasteiger partial charge in [-0.3, -0.25) is 4.79 Å². The van der Waals surface area contributed by atoms with E-state index in [4.69, 9.17) is 4.74 Å². The standard InChI is InChI=1S/C14H18O2/c1-16-14(15)10-12-8-4-5-9-13(12)11-6-2-3-7-11/h4-5,8-9,11H,2-3,6-7,10H2,1H3. The Kier molecular flexibility index (Phi) is 3.60. The van der Waals surface area contributed by atoms with Crippen LogP contribution in [-0.2, 0) is 16.0 Å². The highest BCUT2D eigenvalue weighted by molar-refractivity contribution is 5.73. The Morgan fingerprint density at radius 1 is 1.31 bits per heavy atom. The first-order chi connectivity index (χ1) is 7.81. The number of rotatable bonds is 3. The fourth-order valence-electron chi connectivity index (χ4n) is 2.56. The van der Waals surface area contributed by atoms with Gasteiger partial charge in [0.05, 0.1) is 13.5 Å². The second-order valence-corrected chi connectivity index (χ2v) is 4.43. The summed E-state index contributed by atoms with van der Waals surface area (Å²) in [7, 11) is 1.44. The Morgan fingerprint density at radius 3 is 2.69 bits per heavy atom. The molecule has 1 aliphatic rings. The van der Waals surface area contributed by atoms with Crippen LogP contribution in [0.2, 0.25) is 0 Å². The summed E-state index contributed by atoms with van der Waals surface area (Å²) >= 11 is 0. The van der Waals surface area contributed by atoms with Gasteiger partial charge in [0.1, 0.15) is 0 Å². The fraction of sp³-hybridized carbons (Fsp3) is 0.500. The maximum Gasteiger partial charge on any atom is 0.309 e. The van der Waals surface area contributed by atoms with E-state index >= 15 is 0 Å². The number of benzene rings is 1. The van der Waals surface area contributed by atoms with Crippen molar-refractivity contribution in [1.29, 1.82) is 0 Å². The first kappa shape index (κ1) is 11.2. The Bertz CT molecular complexity index is 365. The number of esters is 1. The van der Waals surface area contributed by atoms with E-state index in [0.29, 0.717) is 12.3 Å². The summed E-state index contributed by atoms with van der Waals surface area (Å²) in [5.41, 5.74) is 2.49. The quantitative estimate of drug-likeness (QED) is 0.729. The molecule has 86 valence electrons. The van der Waals surface area contributed by atoms with Gasteiger partial charge in [-0.2, -0.15) is 0 Å². The molecule has 0 bridgehead atoms.